The van der Waals surface area contributed by atoms with E-state index in [0.29, 0.717) is 0 Å². The van der Waals surface area contributed by atoms with Crippen molar-refractivity contribution in [3.05, 3.63) is 11.1 Å². The van der Waals surface area contributed by atoms with Crippen LogP contribution in [0.25, 0.3) is 0 Å². The first kappa shape index (κ1) is 5.17. The first-order valence-electron chi connectivity index (χ1n) is 2.61. The maximum atomic E-state index is 5.42. The van der Waals surface area contributed by atoms with E-state index in [4.69, 9.17) is 11.6 Å². The Labute approximate surface area is 49.2 Å². The van der Waals surface area contributed by atoms with Gasteiger partial charge in [-0.15, -0.1) is 0 Å². The molecule has 0 amide bonds. The van der Waals surface area contributed by atoms with Gasteiger partial charge in [-0.2, -0.15) is 0 Å². The van der Waals surface area contributed by atoms with E-state index in [9.17, 15) is 0 Å². The fourth-order valence-electron chi connectivity index (χ4n) is 0.628. The first-order valence-corrected chi connectivity index (χ1v) is 3.05. The molecule has 40 valence electrons. The zero-order valence-electron chi connectivity index (χ0n) is 4.45. The van der Waals surface area contributed by atoms with Gasteiger partial charge in [0.1, 0.15) is 0 Å². The molecule has 7 heavy (non-hydrogen) atoms. The van der Waals surface area contributed by atoms with Gasteiger partial charge in [-0.05, 0) is 25.7 Å². The van der Waals surface area contributed by atoms with Gasteiger partial charge in [0.05, 0.1) is 0 Å². The van der Waals surface area contributed by atoms with Crippen LogP contribution < -0.4 is 0 Å². The van der Waals surface area contributed by atoms with E-state index in [2.05, 4.69) is 6.92 Å². The average molecular weight is 117 g/mol. The molecule has 1 heteroatoms. The van der Waals surface area contributed by atoms with Crippen molar-refractivity contribution < 1.29 is 0 Å². The molecule has 0 spiro atoms. The molecule has 0 aliphatic heterocycles. The average Bonchev–Trinajstić information content (AvgIpc) is 2.44. The van der Waals surface area contributed by atoms with E-state index >= 15 is 0 Å². The quantitative estimate of drug-likeness (QED) is 0.494. The van der Waals surface area contributed by atoms with Gasteiger partial charge in [0.25, 0.3) is 0 Å². The third-order valence-corrected chi connectivity index (χ3v) is 1.74. The summed E-state index contributed by atoms with van der Waals surface area (Å²) in [5.41, 5.74) is 3.04. The van der Waals surface area contributed by atoms with Gasteiger partial charge < -0.3 is 0 Å². The Balaban J connectivity index is 2.37. The van der Waals surface area contributed by atoms with Gasteiger partial charge in [0, 0.05) is 5.54 Å². The first-order chi connectivity index (χ1) is 3.34. The standard InChI is InChI=1S/C6H9Cl/c1-5(4-7)6-2-3-6/h4,6H,2-3H2,1H3/b5-4+. The van der Waals surface area contributed by atoms with E-state index in [0.717, 1.165) is 5.92 Å². The lowest BCUT2D eigenvalue weighted by Gasteiger charge is -1.87. The van der Waals surface area contributed by atoms with Gasteiger partial charge in [0.15, 0.2) is 0 Å². The second-order valence-electron chi connectivity index (χ2n) is 2.13. The van der Waals surface area contributed by atoms with Crippen molar-refractivity contribution in [3.8, 4) is 0 Å². The SMILES string of the molecule is C/C(=C\Cl)C1CC1. The molecule has 0 N–H and O–H groups in total. The summed E-state index contributed by atoms with van der Waals surface area (Å²) in [6.45, 7) is 2.09. The largest absolute Gasteiger partial charge is 0.0930 e. The minimum absolute atomic E-state index is 0.845. The van der Waals surface area contributed by atoms with Crippen LogP contribution in [0.3, 0.4) is 0 Å². The Morgan fingerprint density at radius 1 is 1.71 bits per heavy atom. The van der Waals surface area contributed by atoms with Crippen LogP contribution in [-0.2, 0) is 0 Å². The summed E-state index contributed by atoms with van der Waals surface area (Å²) in [5, 5.41) is 0. The van der Waals surface area contributed by atoms with Crippen LogP contribution in [0.15, 0.2) is 11.1 Å². The predicted octanol–water partition coefficient (Wildman–Crippen LogP) is 2.54. The van der Waals surface area contributed by atoms with Gasteiger partial charge in [0.2, 0.25) is 0 Å². The molecule has 0 aromatic rings. The summed E-state index contributed by atoms with van der Waals surface area (Å²) in [5.74, 6) is 0.845. The molecule has 0 aromatic carbocycles. The minimum atomic E-state index is 0.845. The van der Waals surface area contributed by atoms with E-state index in [1.807, 2.05) is 0 Å². The van der Waals surface area contributed by atoms with Crippen LogP contribution in [0.5, 0.6) is 0 Å². The lowest BCUT2D eigenvalue weighted by atomic mass is 10.2. The van der Waals surface area contributed by atoms with E-state index in [1.54, 1.807) is 5.54 Å². The summed E-state index contributed by atoms with van der Waals surface area (Å²) < 4.78 is 0. The molecule has 0 atom stereocenters. The lowest BCUT2D eigenvalue weighted by molar-refractivity contribution is 1.01. The maximum Gasteiger partial charge on any atom is 0.00344 e. The highest BCUT2D eigenvalue weighted by Crippen LogP contribution is 2.36. The zero-order valence-corrected chi connectivity index (χ0v) is 5.20. The summed E-state index contributed by atoms with van der Waals surface area (Å²) in [7, 11) is 0. The second kappa shape index (κ2) is 1.87. The predicted molar refractivity (Wildman–Crippen MR) is 32.3 cm³/mol. The fourth-order valence-corrected chi connectivity index (χ4v) is 0.806. The molecule has 1 aliphatic carbocycles. The molecule has 1 fully saturated rings. The smallest absolute Gasteiger partial charge is 0.00344 e. The van der Waals surface area contributed by atoms with Gasteiger partial charge in [-0.25, -0.2) is 0 Å². The number of hydrogen-bond acceptors (Lipinski definition) is 0. The van der Waals surface area contributed by atoms with Crippen molar-refractivity contribution in [2.24, 2.45) is 5.92 Å². The Kier molecular flexibility index (Phi) is 1.38. The molecule has 1 saturated carbocycles. The van der Waals surface area contributed by atoms with E-state index < -0.39 is 0 Å². The molecule has 0 nitrogen and oxygen atoms in total. The fraction of sp³-hybridized carbons (Fsp3) is 0.667. The Bertz CT molecular complexity index is 90.4. The molecule has 0 saturated heterocycles. The van der Waals surface area contributed by atoms with Crippen molar-refractivity contribution in [1.29, 1.82) is 0 Å². The Morgan fingerprint density at radius 3 is 2.43 bits per heavy atom. The highest BCUT2D eigenvalue weighted by atomic mass is 35.5. The van der Waals surface area contributed by atoms with Crippen molar-refractivity contribution in [3.63, 3.8) is 0 Å². The third kappa shape index (κ3) is 1.20. The normalized spacial score (nSPS) is 22.9. The molecule has 1 aliphatic rings. The topological polar surface area (TPSA) is 0 Å². The summed E-state index contributed by atoms with van der Waals surface area (Å²) >= 11 is 5.42. The monoisotopic (exact) mass is 116 g/mol. The maximum absolute atomic E-state index is 5.42. The molecule has 0 heterocycles. The number of allylic oxidation sites excluding steroid dienone is 1. The molecular weight excluding hydrogens is 108 g/mol. The Morgan fingerprint density at radius 2 is 2.29 bits per heavy atom. The lowest BCUT2D eigenvalue weighted by Crippen LogP contribution is -1.71. The molecule has 0 bridgehead atoms. The van der Waals surface area contributed by atoms with Crippen LogP contribution in [-0.4, -0.2) is 0 Å². The van der Waals surface area contributed by atoms with E-state index in [1.165, 1.54) is 18.4 Å². The number of rotatable bonds is 1. The summed E-state index contributed by atoms with van der Waals surface area (Å²) in [6, 6.07) is 0. The van der Waals surface area contributed by atoms with Crippen LogP contribution in [0.1, 0.15) is 19.8 Å². The highest BCUT2D eigenvalue weighted by Gasteiger charge is 2.22. The van der Waals surface area contributed by atoms with Crippen LogP contribution >= 0.6 is 11.6 Å². The second-order valence-corrected chi connectivity index (χ2v) is 2.35. The Hall–Kier alpha value is 0.0300. The molecule has 0 radical (unpaired) electrons. The molecule has 0 aromatic heterocycles. The number of halogens is 1. The van der Waals surface area contributed by atoms with Crippen molar-refractivity contribution >= 4 is 11.6 Å². The number of hydrogen-bond donors (Lipinski definition) is 0. The molecule has 0 unspecified atom stereocenters. The van der Waals surface area contributed by atoms with Crippen molar-refractivity contribution in [1.82, 2.24) is 0 Å². The van der Waals surface area contributed by atoms with Crippen LogP contribution in [0, 0.1) is 5.92 Å². The zero-order chi connectivity index (χ0) is 5.28. The van der Waals surface area contributed by atoms with Crippen molar-refractivity contribution in [2.45, 2.75) is 19.8 Å². The summed E-state index contributed by atoms with van der Waals surface area (Å²) in [6.07, 6.45) is 2.71. The van der Waals surface area contributed by atoms with Gasteiger partial charge in [-0.1, -0.05) is 17.2 Å². The van der Waals surface area contributed by atoms with Crippen LogP contribution in [0.4, 0.5) is 0 Å². The molecular formula is C6H9Cl. The van der Waals surface area contributed by atoms with Crippen molar-refractivity contribution in [2.75, 3.05) is 0 Å². The minimum Gasteiger partial charge on any atom is -0.0930 e. The van der Waals surface area contributed by atoms with Crippen LogP contribution in [0.2, 0.25) is 0 Å². The van der Waals surface area contributed by atoms with Gasteiger partial charge in [-0.3, -0.25) is 0 Å². The third-order valence-electron chi connectivity index (χ3n) is 1.39. The van der Waals surface area contributed by atoms with Gasteiger partial charge >= 0.3 is 0 Å². The highest BCUT2D eigenvalue weighted by molar-refractivity contribution is 6.25. The van der Waals surface area contributed by atoms with E-state index in [-0.39, 0.29) is 0 Å². The summed E-state index contributed by atoms with van der Waals surface area (Å²) in [4.78, 5) is 0. The molecule has 1 rings (SSSR count).